The van der Waals surface area contributed by atoms with Crippen molar-refractivity contribution in [2.75, 3.05) is 6.54 Å². The lowest BCUT2D eigenvalue weighted by atomic mass is 10.1. The lowest BCUT2D eigenvalue weighted by Gasteiger charge is -2.13. The van der Waals surface area contributed by atoms with E-state index in [-0.39, 0.29) is 24.8 Å². The van der Waals surface area contributed by atoms with E-state index in [1.807, 2.05) is 0 Å². The molecule has 0 bridgehead atoms. The number of Topliss-reactive ketones (excluding diaryl/α,β-unsaturated/α-hetero) is 1. The Kier molecular flexibility index (Phi) is 5.47. The molecule has 8 heteroatoms. The molecule has 2 atom stereocenters. The van der Waals surface area contributed by atoms with E-state index in [1.54, 1.807) is 0 Å². The molecule has 1 aromatic heterocycles. The van der Waals surface area contributed by atoms with Crippen LogP contribution in [0, 0.1) is 0 Å². The molecule has 112 valence electrons. The molecule has 1 aliphatic heterocycles. The van der Waals surface area contributed by atoms with Gasteiger partial charge in [0.1, 0.15) is 6.33 Å². The van der Waals surface area contributed by atoms with E-state index in [1.165, 1.54) is 29.6 Å². The van der Waals surface area contributed by atoms with Crippen molar-refractivity contribution in [1.29, 1.82) is 0 Å². The van der Waals surface area contributed by atoms with Crippen LogP contribution in [0.2, 0.25) is 0 Å². The van der Waals surface area contributed by atoms with E-state index in [0.717, 1.165) is 6.20 Å². The summed E-state index contributed by atoms with van der Waals surface area (Å²) >= 11 is 0. The smallest absolute Gasteiger partial charge is 0.270 e. The molecule has 1 aliphatic rings. The fraction of sp³-hybridized carbons (Fsp3) is 0.462. The van der Waals surface area contributed by atoms with E-state index >= 15 is 0 Å². The minimum absolute atomic E-state index is 0.107. The summed E-state index contributed by atoms with van der Waals surface area (Å²) in [6.07, 6.45) is 6.66. The van der Waals surface area contributed by atoms with Gasteiger partial charge in [-0.05, 0) is 13.0 Å². The average Bonchev–Trinajstić information content (AvgIpc) is 2.85. The largest absolute Gasteiger partial charge is 0.391 e. The average molecular weight is 291 g/mol. The minimum Gasteiger partial charge on any atom is -0.391 e. The molecular formula is C13H17N5O3. The van der Waals surface area contributed by atoms with Crippen LogP contribution in [0.15, 0.2) is 36.0 Å². The summed E-state index contributed by atoms with van der Waals surface area (Å²) < 4.78 is 1.18. The lowest BCUT2D eigenvalue weighted by Crippen LogP contribution is -2.34. The summed E-state index contributed by atoms with van der Waals surface area (Å²) in [5.74, 6) is -0.156. The van der Waals surface area contributed by atoms with Gasteiger partial charge in [0.25, 0.3) is 5.56 Å². The molecule has 8 nitrogen and oxygen atoms in total. The van der Waals surface area contributed by atoms with Gasteiger partial charge >= 0.3 is 0 Å². The number of carbonyl (C=O) groups is 1. The van der Waals surface area contributed by atoms with E-state index in [9.17, 15) is 14.7 Å². The Morgan fingerprint density at radius 1 is 1.38 bits per heavy atom. The maximum absolute atomic E-state index is 12.0. The van der Waals surface area contributed by atoms with Gasteiger partial charge in [-0.1, -0.05) is 0 Å². The highest BCUT2D eigenvalue weighted by atomic mass is 16.3. The maximum Gasteiger partial charge on any atom is 0.270 e. The zero-order valence-corrected chi connectivity index (χ0v) is 11.4. The SMILES string of the molecule is O=C(CC1NCCC1O)Cn1cnccncncc1=O. The topological polar surface area (TPSA) is 110 Å². The zero-order chi connectivity index (χ0) is 15.1. The van der Waals surface area contributed by atoms with Gasteiger partial charge in [0.15, 0.2) is 5.78 Å². The van der Waals surface area contributed by atoms with Gasteiger partial charge in [-0.2, -0.15) is 0 Å². The van der Waals surface area contributed by atoms with Crippen LogP contribution in [0.25, 0.3) is 0 Å². The minimum atomic E-state index is -0.516. The van der Waals surface area contributed by atoms with Gasteiger partial charge in [0, 0.05) is 24.9 Å². The highest BCUT2D eigenvalue weighted by Gasteiger charge is 2.26. The third kappa shape index (κ3) is 4.69. The van der Waals surface area contributed by atoms with Gasteiger partial charge in [-0.15, -0.1) is 0 Å². The van der Waals surface area contributed by atoms with Gasteiger partial charge in [0.05, 0.1) is 25.2 Å². The number of nitrogens with zero attached hydrogens (tertiary/aromatic N) is 4. The summed E-state index contributed by atoms with van der Waals surface area (Å²) in [5, 5.41) is 12.7. The van der Waals surface area contributed by atoms with Crippen LogP contribution in [0.4, 0.5) is 0 Å². The Hall–Kier alpha value is -2.19. The number of carbonyl (C=O) groups excluding carboxylic acids is 1. The van der Waals surface area contributed by atoms with E-state index in [0.29, 0.717) is 13.0 Å². The molecule has 2 rings (SSSR count). The van der Waals surface area contributed by atoms with Gasteiger partial charge < -0.3 is 10.4 Å². The molecule has 1 aromatic rings. The molecule has 2 unspecified atom stereocenters. The first-order chi connectivity index (χ1) is 10.2. The Balaban J connectivity index is 2.11. The Labute approximate surface area is 121 Å². The quantitative estimate of drug-likeness (QED) is 0.720. The summed E-state index contributed by atoms with van der Waals surface area (Å²) in [5.41, 5.74) is -0.450. The number of ketones is 1. The summed E-state index contributed by atoms with van der Waals surface area (Å²) in [7, 11) is 0. The van der Waals surface area contributed by atoms with Crippen molar-refractivity contribution >= 4 is 5.78 Å². The third-order valence-electron chi connectivity index (χ3n) is 3.15. The van der Waals surface area contributed by atoms with Crippen molar-refractivity contribution in [3.63, 3.8) is 0 Å². The highest BCUT2D eigenvalue weighted by Crippen LogP contribution is 2.10. The predicted octanol–water partition coefficient (Wildman–Crippen LogP) is -1.16. The van der Waals surface area contributed by atoms with Gasteiger partial charge in [-0.25, -0.2) is 15.0 Å². The van der Waals surface area contributed by atoms with Crippen LogP contribution >= 0.6 is 0 Å². The van der Waals surface area contributed by atoms with Crippen molar-refractivity contribution in [2.24, 2.45) is 0 Å². The fourth-order valence-corrected chi connectivity index (χ4v) is 2.08. The normalized spacial score (nSPS) is 20.8. The van der Waals surface area contributed by atoms with Crippen LogP contribution < -0.4 is 10.9 Å². The highest BCUT2D eigenvalue weighted by molar-refractivity contribution is 5.78. The van der Waals surface area contributed by atoms with Crippen LogP contribution in [0.3, 0.4) is 0 Å². The molecule has 1 saturated heterocycles. The van der Waals surface area contributed by atoms with Gasteiger partial charge in [-0.3, -0.25) is 14.2 Å². The first-order valence-electron chi connectivity index (χ1n) is 6.63. The molecule has 1 fully saturated rings. The number of hydrogen-bond donors (Lipinski definition) is 2. The van der Waals surface area contributed by atoms with Crippen LogP contribution in [0.1, 0.15) is 12.8 Å². The Bertz CT molecular complexity index is 602. The predicted molar refractivity (Wildman–Crippen MR) is 73.8 cm³/mol. The number of aliphatic hydroxyl groups is 1. The molecule has 0 radical (unpaired) electrons. The van der Waals surface area contributed by atoms with Gasteiger partial charge in [0.2, 0.25) is 0 Å². The number of aliphatic hydroxyl groups excluding tert-OH is 1. The van der Waals surface area contributed by atoms with E-state index < -0.39 is 11.7 Å². The molecule has 2 heterocycles. The number of rotatable bonds is 4. The monoisotopic (exact) mass is 291 g/mol. The van der Waals surface area contributed by atoms with Crippen LogP contribution in [-0.4, -0.2) is 49.1 Å². The fourth-order valence-electron chi connectivity index (χ4n) is 2.08. The molecular weight excluding hydrogens is 274 g/mol. The second-order valence-electron chi connectivity index (χ2n) is 4.73. The third-order valence-corrected chi connectivity index (χ3v) is 3.15. The standard InChI is InChI=1S/C13H17N5O3/c19-10(5-11-12(20)1-2-17-11)7-18-9-15-4-3-14-8-16-6-13(18)21/h3-4,6,8-9,11-12,17,20H,1-2,5,7H2. The van der Waals surface area contributed by atoms with Crippen molar-refractivity contribution in [1.82, 2.24) is 24.8 Å². The molecule has 21 heavy (non-hydrogen) atoms. The van der Waals surface area contributed by atoms with E-state index in [4.69, 9.17) is 0 Å². The van der Waals surface area contributed by atoms with Crippen molar-refractivity contribution in [3.8, 4) is 0 Å². The summed E-state index contributed by atoms with van der Waals surface area (Å²) in [4.78, 5) is 35.2. The second kappa shape index (κ2) is 7.55. The molecule has 0 aromatic carbocycles. The van der Waals surface area contributed by atoms with Crippen molar-refractivity contribution < 1.29 is 9.90 Å². The second-order valence-corrected chi connectivity index (χ2v) is 4.73. The van der Waals surface area contributed by atoms with E-state index in [2.05, 4.69) is 20.3 Å². The molecule has 0 spiro atoms. The summed E-state index contributed by atoms with van der Waals surface area (Å²) in [6.45, 7) is 0.588. The summed E-state index contributed by atoms with van der Waals surface area (Å²) in [6, 6.07) is -0.244. The first-order valence-corrected chi connectivity index (χ1v) is 6.63. The zero-order valence-electron chi connectivity index (χ0n) is 11.4. The van der Waals surface area contributed by atoms with Crippen molar-refractivity contribution in [2.45, 2.75) is 31.5 Å². The van der Waals surface area contributed by atoms with Crippen LogP contribution in [0.5, 0.6) is 0 Å². The number of nitrogens with one attached hydrogen (secondary N) is 1. The van der Waals surface area contributed by atoms with Crippen LogP contribution in [-0.2, 0) is 11.3 Å². The maximum atomic E-state index is 12.0. The molecule has 2 N–H and O–H groups in total. The number of aromatic nitrogens is 4. The Morgan fingerprint density at radius 2 is 2.19 bits per heavy atom. The number of hydrogen-bond acceptors (Lipinski definition) is 7. The molecule has 0 saturated carbocycles. The first kappa shape index (κ1) is 15.2. The Morgan fingerprint density at radius 3 is 2.95 bits per heavy atom. The molecule has 0 amide bonds. The lowest BCUT2D eigenvalue weighted by molar-refractivity contribution is -0.120. The molecule has 0 aliphatic carbocycles. The van der Waals surface area contributed by atoms with Crippen molar-refractivity contribution in [3.05, 3.63) is 41.6 Å².